The zero-order valence-electron chi connectivity index (χ0n) is 19.3. The number of nitrogens with one attached hydrogen (secondary N) is 1. The monoisotopic (exact) mass is 445 g/mol. The summed E-state index contributed by atoms with van der Waals surface area (Å²) < 4.78 is 16.5. The van der Waals surface area contributed by atoms with Crippen molar-refractivity contribution in [2.45, 2.75) is 89.9 Å². The molecule has 1 atom stereocenters. The Morgan fingerprint density at radius 2 is 1.41 bits per heavy atom. The van der Waals surface area contributed by atoms with Crippen molar-refractivity contribution < 1.29 is 23.8 Å². The van der Waals surface area contributed by atoms with Crippen LogP contribution in [0.2, 0.25) is 0 Å². The molecule has 2 fully saturated rings. The lowest BCUT2D eigenvalue weighted by Gasteiger charge is -2.24. The fraction of sp³-hybridized carbons (Fsp3) is 0.692. The molecule has 1 aromatic rings. The molecule has 2 saturated carbocycles. The number of hydrogen-bond acceptors (Lipinski definition) is 5. The number of alkyl carbamates (subject to hydrolysis) is 1. The normalized spacial score (nSPS) is 18.6. The van der Waals surface area contributed by atoms with Crippen LogP contribution in [0.4, 0.5) is 4.79 Å². The van der Waals surface area contributed by atoms with Gasteiger partial charge in [-0.25, -0.2) is 9.59 Å². The highest BCUT2D eigenvalue weighted by atomic mass is 16.6. The molecule has 6 heteroatoms. The smallest absolute Gasteiger partial charge is 0.409 e. The van der Waals surface area contributed by atoms with Crippen LogP contribution in [0.5, 0.6) is 0 Å². The first-order valence-corrected chi connectivity index (χ1v) is 12.5. The summed E-state index contributed by atoms with van der Waals surface area (Å²) in [6.45, 7) is 0.928. The molecule has 0 radical (unpaired) electrons. The molecule has 0 aromatic heterocycles. The molecule has 0 spiro atoms. The minimum Gasteiger partial charge on any atom is -0.462 e. The second-order valence-electron chi connectivity index (χ2n) is 9.21. The molecular weight excluding hydrogens is 406 g/mol. The highest BCUT2D eigenvalue weighted by Gasteiger charge is 2.25. The quantitative estimate of drug-likeness (QED) is 0.347. The van der Waals surface area contributed by atoms with E-state index in [0.717, 1.165) is 18.4 Å². The third-order valence-corrected chi connectivity index (χ3v) is 6.71. The summed E-state index contributed by atoms with van der Waals surface area (Å²) in [5.41, 5.74) is 0.882. The summed E-state index contributed by atoms with van der Waals surface area (Å²) in [6, 6.07) is 9.44. The van der Waals surface area contributed by atoms with E-state index in [-0.39, 0.29) is 6.61 Å². The fourth-order valence-corrected chi connectivity index (χ4v) is 4.75. The lowest BCUT2D eigenvalue weighted by Crippen LogP contribution is -2.44. The van der Waals surface area contributed by atoms with E-state index in [9.17, 15) is 9.59 Å². The third kappa shape index (κ3) is 9.19. The van der Waals surface area contributed by atoms with E-state index in [0.29, 0.717) is 25.0 Å². The van der Waals surface area contributed by atoms with E-state index in [2.05, 4.69) is 5.32 Å². The molecule has 0 saturated heterocycles. The molecule has 0 aliphatic heterocycles. The maximum Gasteiger partial charge on any atom is 0.409 e. The van der Waals surface area contributed by atoms with Gasteiger partial charge in [-0.15, -0.1) is 0 Å². The van der Waals surface area contributed by atoms with Gasteiger partial charge in [0.25, 0.3) is 0 Å². The summed E-state index contributed by atoms with van der Waals surface area (Å²) in [7, 11) is 0. The molecular formula is C26H39NO5. The molecule has 0 bridgehead atoms. The van der Waals surface area contributed by atoms with Gasteiger partial charge in [-0.1, -0.05) is 94.5 Å². The van der Waals surface area contributed by atoms with Crippen molar-refractivity contribution in [1.82, 2.24) is 5.32 Å². The lowest BCUT2D eigenvalue weighted by atomic mass is 9.87. The van der Waals surface area contributed by atoms with E-state index in [1.165, 1.54) is 64.2 Å². The van der Waals surface area contributed by atoms with Gasteiger partial charge in [0.1, 0.15) is 6.61 Å². The van der Waals surface area contributed by atoms with Gasteiger partial charge in [0.05, 0.1) is 13.2 Å². The number of ether oxygens (including phenoxy) is 3. The molecule has 6 nitrogen and oxygen atoms in total. The third-order valence-electron chi connectivity index (χ3n) is 6.71. The van der Waals surface area contributed by atoms with E-state index < -0.39 is 18.3 Å². The molecule has 0 heterocycles. The van der Waals surface area contributed by atoms with Crippen molar-refractivity contribution in [3.63, 3.8) is 0 Å². The van der Waals surface area contributed by atoms with E-state index in [4.69, 9.17) is 14.2 Å². The van der Waals surface area contributed by atoms with Crippen LogP contribution in [-0.2, 0) is 25.6 Å². The number of carbonyl (C=O) groups is 2. The van der Waals surface area contributed by atoms with E-state index in [1.54, 1.807) is 0 Å². The summed E-state index contributed by atoms with van der Waals surface area (Å²) in [5, 5.41) is 2.56. The molecule has 1 aromatic carbocycles. The Hall–Kier alpha value is -2.08. The zero-order valence-corrected chi connectivity index (χ0v) is 19.3. The zero-order chi connectivity index (χ0) is 22.4. The van der Waals surface area contributed by atoms with Crippen LogP contribution in [0.25, 0.3) is 0 Å². The van der Waals surface area contributed by atoms with Gasteiger partial charge < -0.3 is 14.2 Å². The molecule has 0 unspecified atom stereocenters. The molecule has 3 rings (SSSR count). The molecule has 2 aliphatic rings. The first kappa shape index (κ1) is 24.6. The number of amides is 1. The second kappa shape index (κ2) is 14.1. The minimum absolute atomic E-state index is 0.137. The molecule has 1 N–H and O–H groups in total. The number of esters is 1. The number of hydrogen-bond donors (Lipinski definition) is 1. The highest BCUT2D eigenvalue weighted by Crippen LogP contribution is 2.27. The number of benzene rings is 1. The van der Waals surface area contributed by atoms with E-state index in [1.807, 2.05) is 30.3 Å². The Bertz CT molecular complexity index is 668. The van der Waals surface area contributed by atoms with Crippen molar-refractivity contribution >= 4 is 12.1 Å². The van der Waals surface area contributed by atoms with Gasteiger partial charge in [-0.3, -0.25) is 5.32 Å². The molecule has 1 amide bonds. The van der Waals surface area contributed by atoms with Gasteiger partial charge in [-0.05, 0) is 30.2 Å². The Balaban J connectivity index is 1.44. The fourth-order valence-electron chi connectivity index (χ4n) is 4.75. The van der Waals surface area contributed by atoms with Crippen molar-refractivity contribution in [2.75, 3.05) is 13.2 Å². The summed E-state index contributed by atoms with van der Waals surface area (Å²) in [6.07, 6.45) is 12.5. The highest BCUT2D eigenvalue weighted by molar-refractivity contribution is 5.80. The molecule has 32 heavy (non-hydrogen) atoms. The van der Waals surface area contributed by atoms with Crippen LogP contribution in [-0.4, -0.2) is 31.5 Å². The first-order valence-electron chi connectivity index (χ1n) is 12.5. The van der Waals surface area contributed by atoms with Crippen LogP contribution in [0.1, 0.15) is 82.6 Å². The Labute approximate surface area is 192 Å². The summed E-state index contributed by atoms with van der Waals surface area (Å²) in [5.74, 6) is 0.726. The standard InChI is InChI=1S/C26H39NO5/c28-25(31-19-17-22-12-6-2-7-13-22)24(30-18-16-21-10-4-1-5-11-21)27-26(29)32-20-23-14-8-3-9-15-23/h3,8-9,14-15,21-22,24H,1-2,4-7,10-13,16-20H2,(H,27,29)/t24-/m1/s1. The van der Waals surface area contributed by atoms with Crippen LogP contribution in [0.15, 0.2) is 30.3 Å². The van der Waals surface area contributed by atoms with Gasteiger partial charge in [0.15, 0.2) is 0 Å². The summed E-state index contributed by atoms with van der Waals surface area (Å²) in [4.78, 5) is 25.0. The Morgan fingerprint density at radius 1 is 0.812 bits per heavy atom. The van der Waals surface area contributed by atoms with Crippen LogP contribution < -0.4 is 5.32 Å². The van der Waals surface area contributed by atoms with Gasteiger partial charge in [0, 0.05) is 0 Å². The van der Waals surface area contributed by atoms with Gasteiger partial charge in [-0.2, -0.15) is 0 Å². The van der Waals surface area contributed by atoms with Crippen molar-refractivity contribution in [3.8, 4) is 0 Å². The second-order valence-corrected chi connectivity index (χ2v) is 9.21. The first-order chi connectivity index (χ1) is 15.7. The van der Waals surface area contributed by atoms with Gasteiger partial charge in [0.2, 0.25) is 6.23 Å². The van der Waals surface area contributed by atoms with Crippen LogP contribution >= 0.6 is 0 Å². The van der Waals surface area contributed by atoms with Crippen LogP contribution in [0.3, 0.4) is 0 Å². The minimum atomic E-state index is -1.13. The summed E-state index contributed by atoms with van der Waals surface area (Å²) >= 11 is 0. The number of rotatable bonds is 11. The molecule has 2 aliphatic carbocycles. The van der Waals surface area contributed by atoms with Crippen molar-refractivity contribution in [2.24, 2.45) is 11.8 Å². The maximum atomic E-state index is 12.7. The Kier molecular flexibility index (Phi) is 10.9. The topological polar surface area (TPSA) is 73.9 Å². The molecule has 178 valence electrons. The van der Waals surface area contributed by atoms with Gasteiger partial charge >= 0.3 is 12.1 Å². The van der Waals surface area contributed by atoms with Crippen LogP contribution in [0, 0.1) is 11.8 Å². The van der Waals surface area contributed by atoms with Crippen molar-refractivity contribution in [3.05, 3.63) is 35.9 Å². The Morgan fingerprint density at radius 3 is 2.03 bits per heavy atom. The predicted octanol–water partition coefficient (Wildman–Crippen LogP) is 5.74. The average Bonchev–Trinajstić information content (AvgIpc) is 2.84. The maximum absolute atomic E-state index is 12.7. The SMILES string of the molecule is O=C(N[C@H](OCCC1CCCCC1)C(=O)OCCC1CCCCC1)OCc1ccccc1. The largest absolute Gasteiger partial charge is 0.462 e. The lowest BCUT2D eigenvalue weighted by molar-refractivity contribution is -0.160. The number of carbonyl (C=O) groups excluding carboxylic acids is 2. The average molecular weight is 446 g/mol. The predicted molar refractivity (Wildman–Crippen MR) is 123 cm³/mol. The van der Waals surface area contributed by atoms with Crippen molar-refractivity contribution in [1.29, 1.82) is 0 Å². The van der Waals surface area contributed by atoms with E-state index >= 15 is 0 Å².